The molecule has 2 heteroatoms. The summed E-state index contributed by atoms with van der Waals surface area (Å²) in [4.78, 5) is 0. The van der Waals surface area contributed by atoms with E-state index in [0.717, 1.165) is 18.6 Å². The van der Waals surface area contributed by atoms with Gasteiger partial charge in [-0.3, -0.25) is 0 Å². The van der Waals surface area contributed by atoms with Crippen LogP contribution in [0.4, 0.5) is 0 Å². The number of nitrogens with one attached hydrogen (secondary N) is 2. The van der Waals surface area contributed by atoms with Gasteiger partial charge in [-0.15, -0.1) is 0 Å². The highest BCUT2D eigenvalue weighted by atomic mass is 15.0. The monoisotopic (exact) mass is 142 g/mol. The zero-order valence-corrected chi connectivity index (χ0v) is 6.98. The molecule has 1 heterocycles. The third-order valence-electron chi connectivity index (χ3n) is 2.21. The summed E-state index contributed by atoms with van der Waals surface area (Å²) in [6.45, 7) is 3.41. The average Bonchev–Trinajstić information content (AvgIpc) is 2.31. The van der Waals surface area contributed by atoms with Gasteiger partial charge in [0.1, 0.15) is 0 Å². The highest BCUT2D eigenvalue weighted by molar-refractivity contribution is 4.80. The molecule has 0 aromatic carbocycles. The second kappa shape index (κ2) is 3.94. The summed E-state index contributed by atoms with van der Waals surface area (Å²) in [6.07, 6.45) is 4.00. The average molecular weight is 142 g/mol. The van der Waals surface area contributed by atoms with Crippen molar-refractivity contribution in [3.63, 3.8) is 0 Å². The molecule has 0 bridgehead atoms. The zero-order chi connectivity index (χ0) is 7.40. The molecule has 0 amide bonds. The lowest BCUT2D eigenvalue weighted by molar-refractivity contribution is 0.516. The van der Waals surface area contributed by atoms with E-state index >= 15 is 0 Å². The van der Waals surface area contributed by atoms with E-state index in [4.69, 9.17) is 0 Å². The Kier molecular flexibility index (Phi) is 3.16. The molecule has 2 unspecified atom stereocenters. The molecule has 1 aliphatic rings. The predicted octanol–water partition coefficient (Wildman–Crippen LogP) is 0.736. The summed E-state index contributed by atoms with van der Waals surface area (Å²) in [6, 6.07) is 1.53. The van der Waals surface area contributed by atoms with Gasteiger partial charge in [0.25, 0.3) is 0 Å². The van der Waals surface area contributed by atoms with Gasteiger partial charge in [-0.05, 0) is 39.8 Å². The summed E-state index contributed by atoms with van der Waals surface area (Å²) in [7, 11) is 2.01. The number of rotatable bonds is 3. The Balaban J connectivity index is 2.06. The normalized spacial score (nSPS) is 33.0. The highest BCUT2D eigenvalue weighted by Crippen LogP contribution is 2.13. The van der Waals surface area contributed by atoms with Gasteiger partial charge in [0.2, 0.25) is 0 Å². The van der Waals surface area contributed by atoms with Crippen molar-refractivity contribution in [2.24, 2.45) is 0 Å². The van der Waals surface area contributed by atoms with E-state index in [0.29, 0.717) is 0 Å². The van der Waals surface area contributed by atoms with Crippen LogP contribution in [0.5, 0.6) is 0 Å². The standard InChI is InChI=1S/C8H18N2/c1-7-3-4-8(10-7)5-6-9-2/h7-10H,3-6H2,1-2H3. The van der Waals surface area contributed by atoms with Crippen LogP contribution in [0, 0.1) is 0 Å². The highest BCUT2D eigenvalue weighted by Gasteiger charge is 2.18. The lowest BCUT2D eigenvalue weighted by Crippen LogP contribution is -2.29. The Morgan fingerprint density at radius 1 is 1.50 bits per heavy atom. The van der Waals surface area contributed by atoms with Crippen molar-refractivity contribution in [2.45, 2.75) is 38.3 Å². The van der Waals surface area contributed by atoms with Crippen LogP contribution in [0.2, 0.25) is 0 Å². The maximum atomic E-state index is 3.55. The van der Waals surface area contributed by atoms with Crippen molar-refractivity contribution in [3.8, 4) is 0 Å². The largest absolute Gasteiger partial charge is 0.320 e. The van der Waals surface area contributed by atoms with Crippen LogP contribution >= 0.6 is 0 Å². The summed E-state index contributed by atoms with van der Waals surface area (Å²) in [5, 5.41) is 6.72. The van der Waals surface area contributed by atoms with Crippen molar-refractivity contribution in [2.75, 3.05) is 13.6 Å². The van der Waals surface area contributed by atoms with Gasteiger partial charge in [0, 0.05) is 12.1 Å². The minimum Gasteiger partial charge on any atom is -0.320 e. The van der Waals surface area contributed by atoms with Gasteiger partial charge in [0.15, 0.2) is 0 Å². The quantitative estimate of drug-likeness (QED) is 0.607. The van der Waals surface area contributed by atoms with Crippen LogP contribution in [-0.2, 0) is 0 Å². The molecule has 1 saturated heterocycles. The van der Waals surface area contributed by atoms with E-state index < -0.39 is 0 Å². The molecule has 2 atom stereocenters. The molecule has 0 aromatic heterocycles. The van der Waals surface area contributed by atoms with Gasteiger partial charge >= 0.3 is 0 Å². The van der Waals surface area contributed by atoms with Crippen LogP contribution in [0.3, 0.4) is 0 Å². The Morgan fingerprint density at radius 3 is 2.80 bits per heavy atom. The lowest BCUT2D eigenvalue weighted by atomic mass is 10.1. The molecule has 1 fully saturated rings. The minimum absolute atomic E-state index is 0.752. The fourth-order valence-electron chi connectivity index (χ4n) is 1.57. The Bertz CT molecular complexity index is 93.3. The van der Waals surface area contributed by atoms with Crippen molar-refractivity contribution >= 4 is 0 Å². The molecule has 2 nitrogen and oxygen atoms in total. The second-order valence-corrected chi connectivity index (χ2v) is 3.23. The van der Waals surface area contributed by atoms with E-state index in [-0.39, 0.29) is 0 Å². The zero-order valence-electron chi connectivity index (χ0n) is 6.98. The van der Waals surface area contributed by atoms with E-state index in [9.17, 15) is 0 Å². The first-order valence-electron chi connectivity index (χ1n) is 4.23. The fourth-order valence-corrected chi connectivity index (χ4v) is 1.57. The van der Waals surface area contributed by atoms with Gasteiger partial charge in [0.05, 0.1) is 0 Å². The van der Waals surface area contributed by atoms with Crippen LogP contribution in [-0.4, -0.2) is 25.7 Å². The van der Waals surface area contributed by atoms with Crippen LogP contribution in [0.1, 0.15) is 26.2 Å². The van der Waals surface area contributed by atoms with Crippen molar-refractivity contribution in [1.82, 2.24) is 10.6 Å². The predicted molar refractivity (Wildman–Crippen MR) is 44.2 cm³/mol. The van der Waals surface area contributed by atoms with Crippen LogP contribution < -0.4 is 10.6 Å². The fraction of sp³-hybridized carbons (Fsp3) is 1.00. The molecule has 1 aliphatic heterocycles. The van der Waals surface area contributed by atoms with E-state index in [1.807, 2.05) is 7.05 Å². The first kappa shape index (κ1) is 8.02. The van der Waals surface area contributed by atoms with Gasteiger partial charge in [-0.1, -0.05) is 0 Å². The summed E-state index contributed by atoms with van der Waals surface area (Å²) in [5.74, 6) is 0. The van der Waals surface area contributed by atoms with E-state index in [1.165, 1.54) is 19.3 Å². The van der Waals surface area contributed by atoms with Gasteiger partial charge in [-0.25, -0.2) is 0 Å². The summed E-state index contributed by atoms with van der Waals surface area (Å²) >= 11 is 0. The third-order valence-corrected chi connectivity index (χ3v) is 2.21. The number of hydrogen-bond donors (Lipinski definition) is 2. The van der Waals surface area contributed by atoms with E-state index in [1.54, 1.807) is 0 Å². The third kappa shape index (κ3) is 2.27. The second-order valence-electron chi connectivity index (χ2n) is 3.23. The molecule has 0 aromatic rings. The van der Waals surface area contributed by atoms with Crippen molar-refractivity contribution in [1.29, 1.82) is 0 Å². The molecule has 0 radical (unpaired) electrons. The SMILES string of the molecule is CNCCC1CCC(C)N1. The number of hydrogen-bond acceptors (Lipinski definition) is 2. The minimum atomic E-state index is 0.752. The molecule has 2 N–H and O–H groups in total. The first-order chi connectivity index (χ1) is 4.83. The Labute approximate surface area is 63.4 Å². The first-order valence-corrected chi connectivity index (χ1v) is 4.23. The van der Waals surface area contributed by atoms with Crippen molar-refractivity contribution in [3.05, 3.63) is 0 Å². The molecule has 0 aliphatic carbocycles. The molecule has 0 spiro atoms. The maximum Gasteiger partial charge on any atom is 0.00821 e. The van der Waals surface area contributed by atoms with Crippen LogP contribution in [0.15, 0.2) is 0 Å². The van der Waals surface area contributed by atoms with Gasteiger partial charge in [-0.2, -0.15) is 0 Å². The summed E-state index contributed by atoms with van der Waals surface area (Å²) < 4.78 is 0. The Morgan fingerprint density at radius 2 is 2.30 bits per heavy atom. The molecule has 0 saturated carbocycles. The molecule has 10 heavy (non-hydrogen) atoms. The molecule has 60 valence electrons. The van der Waals surface area contributed by atoms with E-state index in [2.05, 4.69) is 17.6 Å². The summed E-state index contributed by atoms with van der Waals surface area (Å²) in [5.41, 5.74) is 0. The van der Waals surface area contributed by atoms with Crippen molar-refractivity contribution < 1.29 is 0 Å². The molecular formula is C8H18N2. The van der Waals surface area contributed by atoms with Gasteiger partial charge < -0.3 is 10.6 Å². The smallest absolute Gasteiger partial charge is 0.00821 e. The molecular weight excluding hydrogens is 124 g/mol. The lowest BCUT2D eigenvalue weighted by Gasteiger charge is -2.10. The Hall–Kier alpha value is -0.0800. The topological polar surface area (TPSA) is 24.1 Å². The van der Waals surface area contributed by atoms with Crippen LogP contribution in [0.25, 0.3) is 0 Å². The maximum absolute atomic E-state index is 3.55. The molecule has 1 rings (SSSR count).